The van der Waals surface area contributed by atoms with Crippen LogP contribution in [0.2, 0.25) is 0 Å². The van der Waals surface area contributed by atoms with Crippen molar-refractivity contribution in [1.82, 2.24) is 0 Å². The molecule has 0 unspecified atom stereocenters. The summed E-state index contributed by atoms with van der Waals surface area (Å²) in [6.45, 7) is 0. The number of rotatable bonds is 4. The van der Waals surface area contributed by atoms with Crippen LogP contribution in [0.3, 0.4) is 0 Å². The minimum Gasteiger partial charge on any atom is -0.0622 e. The second kappa shape index (κ2) is 9.93. The first-order chi connectivity index (χ1) is 21.9. The zero-order valence-electron chi connectivity index (χ0n) is 24.2. The van der Waals surface area contributed by atoms with Crippen molar-refractivity contribution >= 4 is 43.1 Å². The van der Waals surface area contributed by atoms with Crippen LogP contribution in [-0.4, -0.2) is 0 Å². The first-order valence-electron chi connectivity index (χ1n) is 15.3. The predicted molar refractivity (Wildman–Crippen MR) is 189 cm³/mol. The highest BCUT2D eigenvalue weighted by Gasteiger charge is 2.21. The Morgan fingerprint density at radius 3 is 0.636 bits per heavy atom. The van der Waals surface area contributed by atoms with Gasteiger partial charge in [0.1, 0.15) is 0 Å². The third-order valence-corrected chi connectivity index (χ3v) is 9.24. The van der Waals surface area contributed by atoms with Gasteiger partial charge in [0.2, 0.25) is 0 Å². The van der Waals surface area contributed by atoms with Crippen molar-refractivity contribution in [2.24, 2.45) is 0 Å². The number of fused-ring (bicyclic) bond motifs is 2. The molecule has 0 aromatic heterocycles. The van der Waals surface area contributed by atoms with E-state index in [0.717, 1.165) is 0 Å². The van der Waals surface area contributed by atoms with Gasteiger partial charge in [0, 0.05) is 0 Å². The largest absolute Gasteiger partial charge is 0.0622 e. The third kappa shape index (κ3) is 3.71. The molecule has 0 fully saturated rings. The summed E-state index contributed by atoms with van der Waals surface area (Å²) in [4.78, 5) is 0. The zero-order valence-corrected chi connectivity index (χ0v) is 24.2. The Morgan fingerprint density at radius 2 is 0.409 bits per heavy atom. The van der Waals surface area contributed by atoms with Crippen LogP contribution < -0.4 is 0 Å². The van der Waals surface area contributed by atoms with E-state index < -0.39 is 0 Å². The average molecular weight is 557 g/mol. The van der Waals surface area contributed by atoms with Crippen LogP contribution in [0.1, 0.15) is 0 Å². The van der Waals surface area contributed by atoms with Gasteiger partial charge in [0.05, 0.1) is 0 Å². The predicted octanol–water partition coefficient (Wildman–Crippen LogP) is 12.4. The topological polar surface area (TPSA) is 0 Å². The van der Waals surface area contributed by atoms with E-state index in [0.29, 0.717) is 0 Å². The molecule has 0 aliphatic rings. The zero-order chi connectivity index (χ0) is 29.0. The Balaban J connectivity index is 1.49. The molecule has 0 nitrogen and oxygen atoms in total. The van der Waals surface area contributed by atoms with E-state index in [1.54, 1.807) is 0 Å². The molecule has 0 N–H and O–H groups in total. The Hall–Kier alpha value is -5.72. The highest BCUT2D eigenvalue weighted by atomic mass is 14.2. The van der Waals surface area contributed by atoms with Crippen molar-refractivity contribution in [2.75, 3.05) is 0 Å². The van der Waals surface area contributed by atoms with Crippen LogP contribution in [0.5, 0.6) is 0 Å². The summed E-state index contributed by atoms with van der Waals surface area (Å²) in [6.07, 6.45) is 0. The highest BCUT2D eigenvalue weighted by molar-refractivity contribution is 6.37. The summed E-state index contributed by atoms with van der Waals surface area (Å²) < 4.78 is 0. The lowest BCUT2D eigenvalue weighted by atomic mass is 9.81. The van der Waals surface area contributed by atoms with Crippen molar-refractivity contribution < 1.29 is 0 Å². The van der Waals surface area contributed by atoms with Crippen LogP contribution in [0.4, 0.5) is 0 Å². The van der Waals surface area contributed by atoms with E-state index >= 15 is 0 Å². The minimum absolute atomic E-state index is 1.24. The average Bonchev–Trinajstić information content (AvgIpc) is 3.11. The molecular formula is C44H28. The van der Waals surface area contributed by atoms with Gasteiger partial charge in [-0.1, -0.05) is 170 Å². The van der Waals surface area contributed by atoms with E-state index in [-0.39, 0.29) is 0 Å². The lowest BCUT2D eigenvalue weighted by Crippen LogP contribution is -1.94. The molecule has 0 atom stereocenters. The van der Waals surface area contributed by atoms with Crippen LogP contribution in [0.25, 0.3) is 87.6 Å². The van der Waals surface area contributed by atoms with E-state index in [1.807, 2.05) is 0 Å². The first kappa shape index (κ1) is 24.8. The smallest absolute Gasteiger partial charge is 0.00139 e. The highest BCUT2D eigenvalue weighted by Crippen LogP contribution is 2.49. The van der Waals surface area contributed by atoms with Crippen LogP contribution in [0, 0.1) is 0 Å². The molecule has 0 aliphatic carbocycles. The molecule has 0 bridgehead atoms. The first-order valence-corrected chi connectivity index (χ1v) is 15.3. The van der Waals surface area contributed by atoms with Gasteiger partial charge in [-0.25, -0.2) is 0 Å². The molecule has 9 aromatic carbocycles. The molecule has 204 valence electrons. The summed E-state index contributed by atoms with van der Waals surface area (Å²) in [5.74, 6) is 0. The van der Waals surface area contributed by atoms with Crippen molar-refractivity contribution in [3.05, 3.63) is 170 Å². The Kier molecular flexibility index (Phi) is 5.61. The summed E-state index contributed by atoms with van der Waals surface area (Å²) >= 11 is 0. The van der Waals surface area contributed by atoms with Gasteiger partial charge >= 0.3 is 0 Å². The standard InChI is InChI=1S/C44H28/c1-5-13-29(14-6-1)33-21-25-37-39-27-23-35(31-17-9-3-10-18-31)42-36(32-19-11-4-12-20-32)24-28-40(44(39)42)38-26-22-34(41(33)43(37)38)30-15-7-2-8-16-30/h1-28H. The molecular weight excluding hydrogens is 528 g/mol. The summed E-state index contributed by atoms with van der Waals surface area (Å²) in [5, 5.41) is 10.5. The lowest BCUT2D eigenvalue weighted by molar-refractivity contribution is 1.63. The molecule has 0 heterocycles. The van der Waals surface area contributed by atoms with Crippen molar-refractivity contribution in [3.63, 3.8) is 0 Å². The maximum Gasteiger partial charge on any atom is -0.00139 e. The fraction of sp³-hybridized carbons (Fsp3) is 0. The van der Waals surface area contributed by atoms with Crippen LogP contribution in [-0.2, 0) is 0 Å². The monoisotopic (exact) mass is 556 g/mol. The van der Waals surface area contributed by atoms with E-state index in [4.69, 9.17) is 0 Å². The fourth-order valence-electron chi connectivity index (χ4n) is 7.32. The molecule has 9 rings (SSSR count). The number of hydrogen-bond acceptors (Lipinski definition) is 0. The second-order valence-electron chi connectivity index (χ2n) is 11.6. The minimum atomic E-state index is 1.24. The van der Waals surface area contributed by atoms with Gasteiger partial charge in [-0.2, -0.15) is 0 Å². The fourth-order valence-corrected chi connectivity index (χ4v) is 7.32. The molecule has 0 radical (unpaired) electrons. The normalized spacial score (nSPS) is 11.6. The summed E-state index contributed by atoms with van der Waals surface area (Å²) in [7, 11) is 0. The summed E-state index contributed by atoms with van der Waals surface area (Å²) in [6, 6.07) is 62.1. The van der Waals surface area contributed by atoms with E-state index in [9.17, 15) is 0 Å². The summed E-state index contributed by atoms with van der Waals surface area (Å²) in [5.41, 5.74) is 10.0. The Morgan fingerprint density at radius 1 is 0.182 bits per heavy atom. The molecule has 0 spiro atoms. The SMILES string of the molecule is c1ccc(-c2ccc3c4ccc(-c5ccccc5)c5c(-c6ccccc6)ccc(c6ccc(-c7ccccc7)c2c36)c54)cc1. The quantitative estimate of drug-likeness (QED) is 0.149. The molecule has 0 heteroatoms. The molecule has 0 amide bonds. The van der Waals surface area contributed by atoms with Crippen LogP contribution in [0.15, 0.2) is 170 Å². The van der Waals surface area contributed by atoms with Gasteiger partial charge in [0.25, 0.3) is 0 Å². The lowest BCUT2D eigenvalue weighted by Gasteiger charge is -2.22. The molecule has 0 aliphatic heterocycles. The Bertz CT molecular complexity index is 2100. The van der Waals surface area contributed by atoms with Crippen molar-refractivity contribution in [1.29, 1.82) is 0 Å². The molecule has 0 saturated carbocycles. The number of hydrogen-bond donors (Lipinski definition) is 0. The van der Waals surface area contributed by atoms with E-state index in [1.165, 1.54) is 87.6 Å². The van der Waals surface area contributed by atoms with Gasteiger partial charge in [-0.05, 0) is 87.6 Å². The van der Waals surface area contributed by atoms with Gasteiger partial charge in [-0.15, -0.1) is 0 Å². The van der Waals surface area contributed by atoms with E-state index in [2.05, 4.69) is 170 Å². The second-order valence-corrected chi connectivity index (χ2v) is 11.6. The third-order valence-electron chi connectivity index (χ3n) is 9.24. The van der Waals surface area contributed by atoms with Gasteiger partial charge in [0.15, 0.2) is 0 Å². The molecule has 44 heavy (non-hydrogen) atoms. The van der Waals surface area contributed by atoms with Gasteiger partial charge in [-0.3, -0.25) is 0 Å². The molecule has 9 aromatic rings. The van der Waals surface area contributed by atoms with Crippen LogP contribution >= 0.6 is 0 Å². The van der Waals surface area contributed by atoms with Crippen molar-refractivity contribution in [2.45, 2.75) is 0 Å². The van der Waals surface area contributed by atoms with Gasteiger partial charge < -0.3 is 0 Å². The van der Waals surface area contributed by atoms with Crippen molar-refractivity contribution in [3.8, 4) is 44.5 Å². The number of benzene rings is 9. The maximum absolute atomic E-state index is 2.36. The maximum atomic E-state index is 2.36. The Labute approximate surface area is 256 Å². The molecule has 0 saturated heterocycles.